The Labute approximate surface area is 118 Å². The molecule has 0 radical (unpaired) electrons. The maximum atomic E-state index is 12.1. The predicted octanol–water partition coefficient (Wildman–Crippen LogP) is 2.36. The smallest absolute Gasteiger partial charge is 0.271 e. The Morgan fingerprint density at radius 3 is 3.15 bits per heavy atom. The molecule has 0 fully saturated rings. The number of aromatic amines is 1. The van der Waals surface area contributed by atoms with Crippen molar-refractivity contribution in [2.45, 2.75) is 13.5 Å². The van der Waals surface area contributed by atoms with E-state index in [4.69, 9.17) is 4.42 Å². The first-order chi connectivity index (χ1) is 9.74. The van der Waals surface area contributed by atoms with Crippen LogP contribution in [-0.2, 0) is 6.54 Å². The first kappa shape index (κ1) is 12.6. The summed E-state index contributed by atoms with van der Waals surface area (Å²) in [4.78, 5) is 24.1. The average Bonchev–Trinajstić information content (AvgIpc) is 3.17. The van der Waals surface area contributed by atoms with E-state index < -0.39 is 0 Å². The van der Waals surface area contributed by atoms with Gasteiger partial charge in [-0.3, -0.25) is 4.79 Å². The van der Waals surface area contributed by atoms with Gasteiger partial charge in [-0.15, -0.1) is 11.3 Å². The molecule has 1 amide bonds. The molecule has 20 heavy (non-hydrogen) atoms. The van der Waals surface area contributed by atoms with Gasteiger partial charge in [0.05, 0.1) is 24.8 Å². The van der Waals surface area contributed by atoms with Crippen molar-refractivity contribution in [2.75, 3.05) is 0 Å². The standard InChI is InChI=1S/C13H12N4O2S/c1-8-11(12(18)15-6-9-5-14-7-16-9)17-13(20-8)10-3-2-4-19-10/h2-5,7H,6H2,1H3,(H,14,16)(H,15,18). The molecule has 3 aromatic rings. The molecular weight excluding hydrogens is 276 g/mol. The molecule has 7 heteroatoms. The Bertz CT molecular complexity index is 701. The van der Waals surface area contributed by atoms with E-state index in [0.29, 0.717) is 23.0 Å². The summed E-state index contributed by atoms with van der Waals surface area (Å²) < 4.78 is 5.29. The molecule has 0 saturated carbocycles. The number of rotatable bonds is 4. The zero-order chi connectivity index (χ0) is 13.9. The van der Waals surface area contributed by atoms with Crippen LogP contribution in [0.25, 0.3) is 10.8 Å². The molecule has 0 aliphatic heterocycles. The highest BCUT2D eigenvalue weighted by Gasteiger charge is 2.17. The fraction of sp³-hybridized carbons (Fsp3) is 0.154. The summed E-state index contributed by atoms with van der Waals surface area (Å²) in [7, 11) is 0. The molecule has 102 valence electrons. The van der Waals surface area contributed by atoms with Gasteiger partial charge >= 0.3 is 0 Å². The van der Waals surface area contributed by atoms with Crippen LogP contribution in [-0.4, -0.2) is 20.9 Å². The molecule has 0 aromatic carbocycles. The molecule has 2 N–H and O–H groups in total. The maximum Gasteiger partial charge on any atom is 0.271 e. The van der Waals surface area contributed by atoms with Gasteiger partial charge in [-0.05, 0) is 19.1 Å². The molecule has 0 saturated heterocycles. The summed E-state index contributed by atoms with van der Waals surface area (Å²) in [5.41, 5.74) is 1.28. The lowest BCUT2D eigenvalue weighted by Crippen LogP contribution is -2.23. The van der Waals surface area contributed by atoms with Crippen molar-refractivity contribution < 1.29 is 9.21 Å². The minimum Gasteiger partial charge on any atom is -0.462 e. The van der Waals surface area contributed by atoms with Crippen molar-refractivity contribution in [1.82, 2.24) is 20.3 Å². The lowest BCUT2D eigenvalue weighted by molar-refractivity contribution is 0.0945. The molecule has 0 spiro atoms. The largest absolute Gasteiger partial charge is 0.462 e. The van der Waals surface area contributed by atoms with Crippen molar-refractivity contribution in [3.05, 3.63) is 47.2 Å². The highest BCUT2D eigenvalue weighted by molar-refractivity contribution is 7.15. The SMILES string of the molecule is Cc1sc(-c2ccco2)nc1C(=O)NCc1cnc[nH]1. The first-order valence-electron chi connectivity index (χ1n) is 6.01. The van der Waals surface area contributed by atoms with Crippen LogP contribution in [0.2, 0.25) is 0 Å². The Morgan fingerprint density at radius 1 is 1.55 bits per heavy atom. The second-order valence-corrected chi connectivity index (χ2v) is 5.36. The molecule has 0 atom stereocenters. The number of carbonyl (C=O) groups is 1. The quantitative estimate of drug-likeness (QED) is 0.772. The summed E-state index contributed by atoms with van der Waals surface area (Å²) in [5, 5.41) is 3.51. The Balaban J connectivity index is 1.75. The van der Waals surface area contributed by atoms with E-state index in [9.17, 15) is 4.79 Å². The minimum absolute atomic E-state index is 0.203. The lowest BCUT2D eigenvalue weighted by Gasteiger charge is -2.01. The topological polar surface area (TPSA) is 83.8 Å². The third kappa shape index (κ3) is 2.48. The number of aromatic nitrogens is 3. The van der Waals surface area contributed by atoms with Gasteiger partial charge in [0.1, 0.15) is 5.69 Å². The van der Waals surface area contributed by atoms with E-state index in [1.807, 2.05) is 13.0 Å². The van der Waals surface area contributed by atoms with E-state index in [-0.39, 0.29) is 5.91 Å². The number of hydrogen-bond acceptors (Lipinski definition) is 5. The summed E-state index contributed by atoms with van der Waals surface area (Å²) in [6.45, 7) is 2.26. The van der Waals surface area contributed by atoms with Crippen LogP contribution in [0.1, 0.15) is 21.1 Å². The molecule has 0 aliphatic rings. The number of carbonyl (C=O) groups excluding carboxylic acids is 1. The van der Waals surface area contributed by atoms with Gasteiger partial charge in [0.15, 0.2) is 10.8 Å². The molecular formula is C13H12N4O2S. The second-order valence-electron chi connectivity index (χ2n) is 4.16. The van der Waals surface area contributed by atoms with E-state index in [0.717, 1.165) is 10.6 Å². The Kier molecular flexibility index (Phi) is 3.34. The highest BCUT2D eigenvalue weighted by atomic mass is 32.1. The normalized spacial score (nSPS) is 10.7. The van der Waals surface area contributed by atoms with Gasteiger partial charge in [0, 0.05) is 11.1 Å². The van der Waals surface area contributed by atoms with Crippen LogP contribution in [0.15, 0.2) is 35.3 Å². The Morgan fingerprint density at radius 2 is 2.45 bits per heavy atom. The van der Waals surface area contributed by atoms with Crippen LogP contribution in [0, 0.1) is 6.92 Å². The average molecular weight is 288 g/mol. The van der Waals surface area contributed by atoms with E-state index in [2.05, 4.69) is 20.3 Å². The van der Waals surface area contributed by atoms with Crippen LogP contribution in [0.5, 0.6) is 0 Å². The number of furan rings is 1. The van der Waals surface area contributed by atoms with Gasteiger partial charge in [-0.2, -0.15) is 0 Å². The lowest BCUT2D eigenvalue weighted by atomic mass is 10.3. The zero-order valence-corrected chi connectivity index (χ0v) is 11.5. The van der Waals surface area contributed by atoms with Gasteiger partial charge in [-0.25, -0.2) is 9.97 Å². The fourth-order valence-corrected chi connectivity index (χ4v) is 2.63. The van der Waals surface area contributed by atoms with E-state index in [1.54, 1.807) is 24.9 Å². The van der Waals surface area contributed by atoms with Gasteiger partial charge in [0.2, 0.25) is 0 Å². The molecule has 3 rings (SSSR count). The van der Waals surface area contributed by atoms with Crippen LogP contribution in [0.3, 0.4) is 0 Å². The number of imidazole rings is 1. The van der Waals surface area contributed by atoms with Gasteiger partial charge in [0.25, 0.3) is 5.91 Å². The Hall–Kier alpha value is -2.41. The van der Waals surface area contributed by atoms with Crippen molar-refractivity contribution in [1.29, 1.82) is 0 Å². The van der Waals surface area contributed by atoms with Gasteiger partial charge in [-0.1, -0.05) is 0 Å². The number of thiazole rings is 1. The van der Waals surface area contributed by atoms with Crippen molar-refractivity contribution in [2.24, 2.45) is 0 Å². The third-order valence-electron chi connectivity index (χ3n) is 2.74. The molecule has 3 heterocycles. The monoisotopic (exact) mass is 288 g/mol. The minimum atomic E-state index is -0.203. The summed E-state index contributed by atoms with van der Waals surface area (Å²) >= 11 is 1.44. The predicted molar refractivity (Wildman–Crippen MR) is 74.3 cm³/mol. The molecule has 0 bridgehead atoms. The highest BCUT2D eigenvalue weighted by Crippen LogP contribution is 2.27. The van der Waals surface area contributed by atoms with Crippen molar-refractivity contribution in [3.8, 4) is 10.8 Å². The third-order valence-corrected chi connectivity index (χ3v) is 3.72. The summed E-state index contributed by atoms with van der Waals surface area (Å²) in [6, 6.07) is 3.62. The van der Waals surface area contributed by atoms with E-state index >= 15 is 0 Å². The molecule has 0 aliphatic carbocycles. The number of aryl methyl sites for hydroxylation is 1. The van der Waals surface area contributed by atoms with Crippen LogP contribution >= 0.6 is 11.3 Å². The van der Waals surface area contributed by atoms with E-state index in [1.165, 1.54) is 11.3 Å². The number of nitrogens with one attached hydrogen (secondary N) is 2. The summed E-state index contributed by atoms with van der Waals surface area (Å²) in [5.74, 6) is 0.469. The second kappa shape index (κ2) is 5.30. The number of nitrogens with zero attached hydrogens (tertiary/aromatic N) is 2. The molecule has 6 nitrogen and oxygen atoms in total. The van der Waals surface area contributed by atoms with Crippen molar-refractivity contribution >= 4 is 17.2 Å². The zero-order valence-electron chi connectivity index (χ0n) is 10.7. The fourth-order valence-electron chi connectivity index (χ4n) is 1.75. The number of H-pyrrole nitrogens is 1. The molecule has 0 unspecified atom stereocenters. The van der Waals surface area contributed by atoms with Crippen LogP contribution < -0.4 is 5.32 Å². The first-order valence-corrected chi connectivity index (χ1v) is 6.82. The van der Waals surface area contributed by atoms with Gasteiger partial charge < -0.3 is 14.7 Å². The van der Waals surface area contributed by atoms with Crippen LogP contribution in [0.4, 0.5) is 0 Å². The maximum absolute atomic E-state index is 12.1. The molecule has 3 aromatic heterocycles. The van der Waals surface area contributed by atoms with Crippen molar-refractivity contribution in [3.63, 3.8) is 0 Å². The summed E-state index contributed by atoms with van der Waals surface area (Å²) in [6.07, 6.45) is 4.83. The number of amides is 1. The number of hydrogen-bond donors (Lipinski definition) is 2.